The summed E-state index contributed by atoms with van der Waals surface area (Å²) >= 11 is 0. The molecular weight excluding hydrogens is 286 g/mol. The molecule has 1 atom stereocenters. The van der Waals surface area contributed by atoms with Crippen LogP contribution >= 0.6 is 0 Å². The van der Waals surface area contributed by atoms with Crippen LogP contribution in [0.4, 0.5) is 5.69 Å². The molecule has 1 heterocycles. The smallest absolute Gasteiger partial charge is 0.242 e. The lowest BCUT2D eigenvalue weighted by Gasteiger charge is -2.15. The number of anilines is 1. The first-order chi connectivity index (χ1) is 10.1. The van der Waals surface area contributed by atoms with Crippen LogP contribution in [0, 0.1) is 0 Å². The van der Waals surface area contributed by atoms with Gasteiger partial charge in [0.25, 0.3) is 0 Å². The first-order valence-corrected chi connectivity index (χ1v) is 9.18. The third kappa shape index (κ3) is 4.69. The molecule has 0 spiro atoms. The fourth-order valence-corrected chi connectivity index (χ4v) is 3.86. The zero-order valence-electron chi connectivity index (χ0n) is 12.6. The van der Waals surface area contributed by atoms with Gasteiger partial charge in [0.2, 0.25) is 10.0 Å². The number of hydrogen-bond donors (Lipinski definition) is 3. The summed E-state index contributed by atoms with van der Waals surface area (Å²) in [7, 11) is -3.43. The van der Waals surface area contributed by atoms with Gasteiger partial charge in [0.05, 0.1) is 5.69 Å². The van der Waals surface area contributed by atoms with Crippen LogP contribution < -0.4 is 15.4 Å². The van der Waals surface area contributed by atoms with Gasteiger partial charge in [-0.2, -0.15) is 0 Å². The molecule has 5 nitrogen and oxygen atoms in total. The van der Waals surface area contributed by atoms with E-state index in [2.05, 4.69) is 15.4 Å². The van der Waals surface area contributed by atoms with Crippen molar-refractivity contribution in [2.75, 3.05) is 25.0 Å². The molecular formula is C15H25N3O2S. The predicted molar refractivity (Wildman–Crippen MR) is 86.1 cm³/mol. The highest BCUT2D eigenvalue weighted by Gasteiger charge is 2.18. The van der Waals surface area contributed by atoms with Crippen molar-refractivity contribution in [2.24, 2.45) is 0 Å². The number of para-hydroxylation sites is 1. The fraction of sp³-hybridized carbons (Fsp3) is 0.600. The minimum absolute atomic E-state index is 0.331. The Balaban J connectivity index is 1.99. The van der Waals surface area contributed by atoms with E-state index in [4.69, 9.17) is 0 Å². The highest BCUT2D eigenvalue weighted by molar-refractivity contribution is 7.89. The number of hydrogen-bond acceptors (Lipinski definition) is 4. The Labute approximate surface area is 127 Å². The van der Waals surface area contributed by atoms with Crippen molar-refractivity contribution in [2.45, 2.75) is 43.5 Å². The molecule has 0 aliphatic carbocycles. The topological polar surface area (TPSA) is 70.2 Å². The van der Waals surface area contributed by atoms with Crippen LogP contribution in [0.1, 0.15) is 32.6 Å². The lowest BCUT2D eigenvalue weighted by Crippen LogP contribution is -2.26. The van der Waals surface area contributed by atoms with Gasteiger partial charge in [0.1, 0.15) is 4.90 Å². The van der Waals surface area contributed by atoms with Crippen molar-refractivity contribution in [3.8, 4) is 0 Å². The second-order valence-corrected chi connectivity index (χ2v) is 7.14. The Morgan fingerprint density at radius 1 is 1.29 bits per heavy atom. The summed E-state index contributed by atoms with van der Waals surface area (Å²) in [6.45, 7) is 4.28. The lowest BCUT2D eigenvalue weighted by molar-refractivity contribution is 0.573. The minimum Gasteiger partial charge on any atom is -0.384 e. The molecule has 2 rings (SSSR count). The summed E-state index contributed by atoms with van der Waals surface area (Å²) in [6.07, 6.45) is 4.23. The molecule has 0 radical (unpaired) electrons. The average molecular weight is 311 g/mol. The molecule has 118 valence electrons. The van der Waals surface area contributed by atoms with Gasteiger partial charge in [0.15, 0.2) is 0 Å². The maximum Gasteiger partial charge on any atom is 0.242 e. The van der Waals surface area contributed by atoms with E-state index in [1.165, 1.54) is 12.8 Å². The molecule has 1 aromatic carbocycles. The standard InChI is InChI=1S/C15H25N3O2S/c1-2-10-18-21(19,20)15-8-4-3-7-14(15)17-12-9-13-6-5-11-16-13/h3-4,7-8,13,16-18H,2,5-6,9-12H2,1H3. The van der Waals surface area contributed by atoms with Crippen LogP contribution in [0.2, 0.25) is 0 Å². The van der Waals surface area contributed by atoms with Crippen molar-refractivity contribution in [1.29, 1.82) is 0 Å². The molecule has 1 fully saturated rings. The Kier molecular flexibility index (Phi) is 6.02. The number of benzene rings is 1. The van der Waals surface area contributed by atoms with E-state index in [1.54, 1.807) is 12.1 Å². The number of nitrogens with one attached hydrogen (secondary N) is 3. The maximum absolute atomic E-state index is 12.3. The zero-order chi connectivity index (χ0) is 15.1. The SMILES string of the molecule is CCCNS(=O)(=O)c1ccccc1NCCC1CCCN1. The molecule has 1 aliphatic rings. The first-order valence-electron chi connectivity index (χ1n) is 7.69. The van der Waals surface area contributed by atoms with E-state index >= 15 is 0 Å². The Hall–Kier alpha value is -1.11. The highest BCUT2D eigenvalue weighted by Crippen LogP contribution is 2.21. The van der Waals surface area contributed by atoms with Gasteiger partial charge >= 0.3 is 0 Å². The Morgan fingerprint density at radius 3 is 2.81 bits per heavy atom. The van der Waals surface area contributed by atoms with Crippen LogP contribution in [-0.4, -0.2) is 34.1 Å². The normalized spacial score (nSPS) is 18.8. The van der Waals surface area contributed by atoms with Gasteiger partial charge < -0.3 is 10.6 Å². The minimum atomic E-state index is -3.43. The van der Waals surface area contributed by atoms with Crippen molar-refractivity contribution in [1.82, 2.24) is 10.0 Å². The monoisotopic (exact) mass is 311 g/mol. The highest BCUT2D eigenvalue weighted by atomic mass is 32.2. The summed E-state index contributed by atoms with van der Waals surface area (Å²) < 4.78 is 27.2. The van der Waals surface area contributed by atoms with Gasteiger partial charge in [-0.3, -0.25) is 0 Å². The molecule has 21 heavy (non-hydrogen) atoms. The molecule has 0 bridgehead atoms. The molecule has 0 saturated carbocycles. The van der Waals surface area contributed by atoms with Gasteiger partial charge in [-0.05, 0) is 44.4 Å². The summed E-state index contributed by atoms with van der Waals surface area (Å²) in [4.78, 5) is 0.331. The largest absolute Gasteiger partial charge is 0.384 e. The van der Waals surface area contributed by atoms with Gasteiger partial charge in [0, 0.05) is 19.1 Å². The maximum atomic E-state index is 12.3. The third-order valence-corrected chi connectivity index (χ3v) is 5.21. The van der Waals surface area contributed by atoms with Crippen LogP contribution in [-0.2, 0) is 10.0 Å². The van der Waals surface area contributed by atoms with E-state index in [0.717, 1.165) is 25.9 Å². The lowest BCUT2D eigenvalue weighted by atomic mass is 10.1. The van der Waals surface area contributed by atoms with Gasteiger partial charge in [-0.1, -0.05) is 19.1 Å². The second kappa shape index (κ2) is 7.77. The van der Waals surface area contributed by atoms with E-state index in [0.29, 0.717) is 23.2 Å². The van der Waals surface area contributed by atoms with E-state index in [9.17, 15) is 8.42 Å². The molecule has 1 aromatic rings. The van der Waals surface area contributed by atoms with Crippen molar-refractivity contribution in [3.63, 3.8) is 0 Å². The summed E-state index contributed by atoms with van der Waals surface area (Å²) in [5.74, 6) is 0. The third-order valence-electron chi connectivity index (χ3n) is 3.69. The molecule has 1 saturated heterocycles. The Morgan fingerprint density at radius 2 is 2.10 bits per heavy atom. The fourth-order valence-electron chi connectivity index (χ4n) is 2.55. The van der Waals surface area contributed by atoms with Gasteiger partial charge in [-0.25, -0.2) is 13.1 Å². The van der Waals surface area contributed by atoms with Gasteiger partial charge in [-0.15, -0.1) is 0 Å². The van der Waals surface area contributed by atoms with E-state index < -0.39 is 10.0 Å². The van der Waals surface area contributed by atoms with Crippen LogP contribution in [0.5, 0.6) is 0 Å². The zero-order valence-corrected chi connectivity index (χ0v) is 13.4. The molecule has 0 aromatic heterocycles. The number of sulfonamides is 1. The average Bonchev–Trinajstić information content (AvgIpc) is 2.99. The first kappa shape index (κ1) is 16.3. The molecule has 1 aliphatic heterocycles. The van der Waals surface area contributed by atoms with Crippen LogP contribution in [0.15, 0.2) is 29.2 Å². The molecule has 0 amide bonds. The molecule has 3 N–H and O–H groups in total. The summed E-state index contributed by atoms with van der Waals surface area (Å²) in [5.41, 5.74) is 0.680. The van der Waals surface area contributed by atoms with Crippen molar-refractivity contribution < 1.29 is 8.42 Å². The van der Waals surface area contributed by atoms with E-state index in [1.807, 2.05) is 19.1 Å². The molecule has 1 unspecified atom stereocenters. The second-order valence-electron chi connectivity index (χ2n) is 5.40. The molecule has 6 heteroatoms. The van der Waals surface area contributed by atoms with Crippen LogP contribution in [0.25, 0.3) is 0 Å². The summed E-state index contributed by atoms with van der Waals surface area (Å²) in [6, 6.07) is 7.63. The van der Waals surface area contributed by atoms with Crippen molar-refractivity contribution in [3.05, 3.63) is 24.3 Å². The quantitative estimate of drug-likeness (QED) is 0.686. The Bertz CT molecular complexity index is 540. The number of rotatable bonds is 8. The van der Waals surface area contributed by atoms with Crippen LogP contribution in [0.3, 0.4) is 0 Å². The van der Waals surface area contributed by atoms with E-state index in [-0.39, 0.29) is 0 Å². The summed E-state index contributed by atoms with van der Waals surface area (Å²) in [5, 5.41) is 6.71. The predicted octanol–water partition coefficient (Wildman–Crippen LogP) is 1.93. The van der Waals surface area contributed by atoms with Crippen molar-refractivity contribution >= 4 is 15.7 Å².